The van der Waals surface area contributed by atoms with E-state index in [1.807, 2.05) is 0 Å². The summed E-state index contributed by atoms with van der Waals surface area (Å²) in [7, 11) is 0. The molecule has 7 atom stereocenters. The molecule has 0 rings (SSSR count). The minimum Gasteiger partial charge on any atom is -0.480 e. The number of aliphatic hydroxyl groups is 1. The molecule has 0 aliphatic rings. The van der Waals surface area contributed by atoms with Gasteiger partial charge in [-0.05, 0) is 44.6 Å². The first kappa shape index (κ1) is 40.2. The van der Waals surface area contributed by atoms with E-state index in [2.05, 4.69) is 26.6 Å². The molecule has 0 heterocycles. The van der Waals surface area contributed by atoms with Crippen LogP contribution in [0, 0.1) is 11.8 Å². The Labute approximate surface area is 257 Å². The highest BCUT2D eigenvalue weighted by molar-refractivity contribution is 5.96. The lowest BCUT2D eigenvalue weighted by Gasteiger charge is -2.29. The van der Waals surface area contributed by atoms with Crippen LogP contribution in [0.4, 0.5) is 0 Å². The molecule has 0 aliphatic heterocycles. The quantitative estimate of drug-likeness (QED) is 0.0556. The zero-order chi connectivity index (χ0) is 34.1. The lowest BCUT2D eigenvalue weighted by Crippen LogP contribution is -2.60. The minimum absolute atomic E-state index is 0.160. The van der Waals surface area contributed by atoms with Gasteiger partial charge in [0.1, 0.15) is 36.3 Å². The van der Waals surface area contributed by atoms with Gasteiger partial charge in [0.2, 0.25) is 35.4 Å². The summed E-state index contributed by atoms with van der Waals surface area (Å²) < 4.78 is 0. The van der Waals surface area contributed by atoms with Crippen LogP contribution in [0.25, 0.3) is 0 Å². The standard InChI is InChI=1S/C27H50N8O9/c1-6-14(4)21(35-23(39)16(29)12-36)26(42)32-17(9-7-8-10-28)24(40)34-20(13(2)3)25(41)31-15(5)22(38)33-18(27(43)44)11-19(30)37/h13-18,20-21,36H,6-12,28-29H2,1-5H3,(H2,30,37)(H,31,41)(H,32,42)(H,33,38)(H,34,40)(H,35,39)(H,43,44)/t14-,15-,16-,17-,18-,20-,21-/m0/s1. The number of nitrogens with one attached hydrogen (secondary N) is 5. The second-order valence-electron chi connectivity index (χ2n) is 11.0. The van der Waals surface area contributed by atoms with Crippen LogP contribution in [0.5, 0.6) is 0 Å². The lowest BCUT2D eigenvalue weighted by atomic mass is 9.96. The van der Waals surface area contributed by atoms with Crippen molar-refractivity contribution in [1.82, 2.24) is 26.6 Å². The molecule has 44 heavy (non-hydrogen) atoms. The van der Waals surface area contributed by atoms with E-state index in [0.717, 1.165) is 0 Å². The molecule has 17 heteroatoms. The summed E-state index contributed by atoms with van der Waals surface area (Å²) in [6.45, 7) is 7.82. The first-order chi connectivity index (χ1) is 20.5. The Morgan fingerprint density at radius 3 is 1.75 bits per heavy atom. The number of carboxylic acids is 1. The van der Waals surface area contributed by atoms with Gasteiger partial charge in [-0.3, -0.25) is 28.8 Å². The van der Waals surface area contributed by atoms with E-state index in [1.165, 1.54) is 6.92 Å². The van der Waals surface area contributed by atoms with Crippen LogP contribution in [-0.2, 0) is 33.6 Å². The van der Waals surface area contributed by atoms with Gasteiger partial charge in [-0.2, -0.15) is 0 Å². The van der Waals surface area contributed by atoms with Crippen molar-refractivity contribution in [3.05, 3.63) is 0 Å². The Morgan fingerprint density at radius 2 is 1.27 bits per heavy atom. The summed E-state index contributed by atoms with van der Waals surface area (Å²) in [6.07, 6.45) is 1.00. The fourth-order valence-corrected chi connectivity index (χ4v) is 3.92. The Kier molecular flexibility index (Phi) is 18.4. The SMILES string of the molecule is CC[C@H](C)[C@H](NC(=O)[C@@H](N)CO)C(=O)N[C@@H](CCCCN)C(=O)N[C@H](C(=O)N[C@@H](C)C(=O)N[C@@H](CC(N)=O)C(=O)O)C(C)C. The number of amides is 6. The number of aliphatic carboxylic acids is 1. The van der Waals surface area contributed by atoms with E-state index in [1.54, 1.807) is 27.7 Å². The molecule has 252 valence electrons. The second kappa shape index (κ2) is 20.2. The highest BCUT2D eigenvalue weighted by Gasteiger charge is 2.34. The average molecular weight is 631 g/mol. The van der Waals surface area contributed by atoms with E-state index in [0.29, 0.717) is 25.8 Å². The molecule has 0 saturated heterocycles. The van der Waals surface area contributed by atoms with Crippen molar-refractivity contribution in [2.24, 2.45) is 29.0 Å². The molecule has 0 aromatic carbocycles. The topological polar surface area (TPSA) is 298 Å². The molecule has 0 radical (unpaired) electrons. The summed E-state index contributed by atoms with van der Waals surface area (Å²) in [5.74, 6) is -7.03. The fourth-order valence-electron chi connectivity index (χ4n) is 3.92. The van der Waals surface area contributed by atoms with Crippen LogP contribution in [-0.4, -0.2) is 101 Å². The smallest absolute Gasteiger partial charge is 0.326 e. The van der Waals surface area contributed by atoms with E-state index >= 15 is 0 Å². The van der Waals surface area contributed by atoms with E-state index in [4.69, 9.17) is 17.2 Å². The average Bonchev–Trinajstić information content (AvgIpc) is 2.95. The van der Waals surface area contributed by atoms with Crippen molar-refractivity contribution >= 4 is 41.4 Å². The molecule has 0 unspecified atom stereocenters. The molecular weight excluding hydrogens is 580 g/mol. The molecule has 17 nitrogen and oxygen atoms in total. The van der Waals surface area contributed by atoms with Gasteiger partial charge < -0.3 is 54.0 Å². The maximum atomic E-state index is 13.4. The molecule has 0 aromatic rings. The number of primary amides is 1. The molecule has 0 saturated carbocycles. The molecule has 0 bridgehead atoms. The highest BCUT2D eigenvalue weighted by atomic mass is 16.4. The highest BCUT2D eigenvalue weighted by Crippen LogP contribution is 2.11. The van der Waals surface area contributed by atoms with Crippen molar-refractivity contribution in [2.75, 3.05) is 13.2 Å². The Hall–Kier alpha value is -3.83. The molecule has 0 aliphatic carbocycles. The van der Waals surface area contributed by atoms with Crippen molar-refractivity contribution < 1.29 is 43.8 Å². The molecule has 0 spiro atoms. The van der Waals surface area contributed by atoms with Gasteiger partial charge in [0.15, 0.2) is 0 Å². The zero-order valence-corrected chi connectivity index (χ0v) is 26.1. The van der Waals surface area contributed by atoms with E-state index < -0.39 is 96.6 Å². The predicted molar refractivity (Wildman–Crippen MR) is 159 cm³/mol. The van der Waals surface area contributed by atoms with Crippen LogP contribution < -0.4 is 43.8 Å². The molecule has 0 aromatic heterocycles. The third kappa shape index (κ3) is 14.1. The van der Waals surface area contributed by atoms with Gasteiger partial charge in [-0.15, -0.1) is 0 Å². The molecule has 0 fully saturated rings. The van der Waals surface area contributed by atoms with E-state index in [-0.39, 0.29) is 12.3 Å². The number of hydrogen-bond acceptors (Lipinski definition) is 10. The van der Waals surface area contributed by atoms with Gasteiger partial charge in [0.05, 0.1) is 13.0 Å². The maximum Gasteiger partial charge on any atom is 0.326 e. The van der Waals surface area contributed by atoms with Crippen LogP contribution in [0.1, 0.15) is 66.7 Å². The number of nitrogens with two attached hydrogens (primary N) is 3. The zero-order valence-electron chi connectivity index (χ0n) is 26.1. The summed E-state index contributed by atoms with van der Waals surface area (Å²) in [5.41, 5.74) is 16.2. The second-order valence-corrected chi connectivity index (χ2v) is 11.0. The van der Waals surface area contributed by atoms with Crippen LogP contribution in [0.15, 0.2) is 0 Å². The Balaban J connectivity index is 5.79. The monoisotopic (exact) mass is 630 g/mol. The van der Waals surface area contributed by atoms with Crippen LogP contribution >= 0.6 is 0 Å². The maximum absolute atomic E-state index is 13.4. The fraction of sp³-hybridized carbons (Fsp3) is 0.741. The summed E-state index contributed by atoms with van der Waals surface area (Å²) in [6, 6.07) is -7.44. The molecule has 6 amide bonds. The first-order valence-corrected chi connectivity index (χ1v) is 14.6. The Morgan fingerprint density at radius 1 is 0.727 bits per heavy atom. The third-order valence-electron chi connectivity index (χ3n) is 6.93. The van der Waals surface area contributed by atoms with Crippen molar-refractivity contribution in [1.29, 1.82) is 0 Å². The first-order valence-electron chi connectivity index (χ1n) is 14.6. The van der Waals surface area contributed by atoms with Crippen molar-refractivity contribution in [3.8, 4) is 0 Å². The minimum atomic E-state index is -1.60. The van der Waals surface area contributed by atoms with Crippen LogP contribution in [0.2, 0.25) is 0 Å². The van der Waals surface area contributed by atoms with Gasteiger partial charge in [-0.25, -0.2) is 4.79 Å². The van der Waals surface area contributed by atoms with Gasteiger partial charge in [0, 0.05) is 0 Å². The summed E-state index contributed by atoms with van der Waals surface area (Å²) >= 11 is 0. The number of carbonyl (C=O) groups excluding carboxylic acids is 6. The third-order valence-corrected chi connectivity index (χ3v) is 6.93. The lowest BCUT2D eigenvalue weighted by molar-refractivity contribution is -0.143. The predicted octanol–water partition coefficient (Wildman–Crippen LogP) is -3.46. The normalized spacial score (nSPS) is 15.8. The van der Waals surface area contributed by atoms with Gasteiger partial charge >= 0.3 is 5.97 Å². The van der Waals surface area contributed by atoms with E-state index in [9.17, 15) is 43.8 Å². The van der Waals surface area contributed by atoms with Crippen molar-refractivity contribution in [2.45, 2.75) is 103 Å². The number of hydrogen-bond donors (Lipinski definition) is 10. The number of aliphatic hydroxyl groups excluding tert-OH is 1. The number of carbonyl (C=O) groups is 7. The summed E-state index contributed by atoms with van der Waals surface area (Å²) in [4.78, 5) is 87.1. The van der Waals surface area contributed by atoms with Crippen molar-refractivity contribution in [3.63, 3.8) is 0 Å². The summed E-state index contributed by atoms with van der Waals surface area (Å²) in [5, 5.41) is 30.7. The van der Waals surface area contributed by atoms with Gasteiger partial charge in [0.25, 0.3) is 0 Å². The Bertz CT molecular complexity index is 1010. The largest absolute Gasteiger partial charge is 0.480 e. The number of unbranched alkanes of at least 4 members (excludes halogenated alkanes) is 1. The molecule has 13 N–H and O–H groups in total. The van der Waals surface area contributed by atoms with Gasteiger partial charge in [-0.1, -0.05) is 34.1 Å². The van der Waals surface area contributed by atoms with Crippen LogP contribution in [0.3, 0.4) is 0 Å². The number of carboxylic acid groups (broad SMARTS) is 1. The number of rotatable bonds is 21. The molecular formula is C27H50N8O9.